The number of hydrogen-bond donors (Lipinski definition) is 0. The molecular weight excluding hydrogens is 599 g/mol. The predicted molar refractivity (Wildman–Crippen MR) is 200 cm³/mol. The SMILES string of the molecule is C1=CCC(N(c2ccccc2)c2ccc3c(c2)sc2cc(-c4cc5c6ccccc6oc5c5c4sc4ccccc45)ccc23)C=C1. The van der Waals surface area contributed by atoms with Crippen LogP contribution in [-0.2, 0) is 0 Å². The second-order valence-corrected chi connectivity index (χ2v) is 14.2. The van der Waals surface area contributed by atoms with Crippen LogP contribution >= 0.6 is 22.7 Å². The molecule has 1 unspecified atom stereocenters. The van der Waals surface area contributed by atoms with Crippen LogP contribution in [0.25, 0.3) is 73.4 Å². The van der Waals surface area contributed by atoms with Crippen molar-refractivity contribution in [3.8, 4) is 11.1 Å². The van der Waals surface area contributed by atoms with Gasteiger partial charge in [-0.25, -0.2) is 0 Å². The molecule has 0 bridgehead atoms. The van der Waals surface area contributed by atoms with Crippen molar-refractivity contribution in [3.63, 3.8) is 0 Å². The van der Waals surface area contributed by atoms with Gasteiger partial charge in [0.1, 0.15) is 11.2 Å². The average molecular weight is 626 g/mol. The molecule has 0 radical (unpaired) electrons. The third-order valence-corrected chi connectivity index (χ3v) is 11.7. The van der Waals surface area contributed by atoms with E-state index in [4.69, 9.17) is 4.42 Å². The lowest BCUT2D eigenvalue weighted by molar-refractivity contribution is 0.673. The van der Waals surface area contributed by atoms with Crippen molar-refractivity contribution in [2.75, 3.05) is 4.90 Å². The number of rotatable bonds is 4. The Morgan fingerprint density at radius 1 is 0.587 bits per heavy atom. The van der Waals surface area contributed by atoms with E-state index in [9.17, 15) is 0 Å². The lowest BCUT2D eigenvalue weighted by atomic mass is 9.98. The highest BCUT2D eigenvalue weighted by Gasteiger charge is 2.22. The lowest BCUT2D eigenvalue weighted by Crippen LogP contribution is -2.29. The van der Waals surface area contributed by atoms with Crippen molar-refractivity contribution >= 4 is 96.3 Å². The van der Waals surface area contributed by atoms with E-state index < -0.39 is 0 Å². The van der Waals surface area contributed by atoms with Gasteiger partial charge in [-0.3, -0.25) is 0 Å². The summed E-state index contributed by atoms with van der Waals surface area (Å²) in [6, 6.07) is 44.5. The second-order valence-electron chi connectivity index (χ2n) is 12.0. The topological polar surface area (TPSA) is 16.4 Å². The van der Waals surface area contributed by atoms with Gasteiger partial charge in [0.25, 0.3) is 0 Å². The third kappa shape index (κ3) is 3.94. The van der Waals surface area contributed by atoms with E-state index in [1.165, 1.54) is 68.2 Å². The summed E-state index contributed by atoms with van der Waals surface area (Å²) in [5.41, 5.74) is 6.87. The van der Waals surface area contributed by atoms with E-state index in [-0.39, 0.29) is 6.04 Å². The quantitative estimate of drug-likeness (QED) is 0.193. The standard InChI is InChI=1S/C42H27NOS2/c1-3-11-27(12-4-1)43(28-13-5-2-6-14-28)29-20-22-32-31-21-19-26(23-38(31)45-39(32)24-29)34-25-35-30-15-7-9-17-36(30)44-41(35)40-33-16-8-10-18-37(33)46-42(34)40/h1-13,15-25,28H,14H2. The predicted octanol–water partition coefficient (Wildman–Crippen LogP) is 13.0. The Morgan fingerprint density at radius 2 is 1.37 bits per heavy atom. The number of nitrogens with zero attached hydrogens (tertiary/aromatic N) is 1. The fraction of sp³-hybridized carbons (Fsp3) is 0.0476. The molecule has 10 rings (SSSR count). The molecule has 3 heterocycles. The van der Waals surface area contributed by atoms with Gasteiger partial charge >= 0.3 is 0 Å². The third-order valence-electron chi connectivity index (χ3n) is 9.36. The molecule has 3 aromatic heterocycles. The number of hydrogen-bond acceptors (Lipinski definition) is 4. The first-order chi connectivity index (χ1) is 22.8. The number of anilines is 2. The van der Waals surface area contributed by atoms with Crippen LogP contribution in [0.4, 0.5) is 11.4 Å². The molecule has 1 aliphatic rings. The maximum atomic E-state index is 6.54. The number of fused-ring (bicyclic) bond motifs is 10. The minimum Gasteiger partial charge on any atom is -0.455 e. The van der Waals surface area contributed by atoms with Gasteiger partial charge in [0.2, 0.25) is 0 Å². The Kier molecular flexibility index (Phi) is 5.77. The van der Waals surface area contributed by atoms with Crippen LogP contribution in [0.15, 0.2) is 150 Å². The van der Waals surface area contributed by atoms with Gasteiger partial charge < -0.3 is 9.32 Å². The van der Waals surface area contributed by atoms with Gasteiger partial charge in [0.05, 0.1) is 6.04 Å². The zero-order chi connectivity index (χ0) is 30.2. The average Bonchev–Trinajstić information content (AvgIpc) is 3.79. The van der Waals surface area contributed by atoms with E-state index in [1.54, 1.807) is 0 Å². The fourth-order valence-electron chi connectivity index (χ4n) is 7.24. The van der Waals surface area contributed by atoms with Gasteiger partial charge in [0.15, 0.2) is 0 Å². The van der Waals surface area contributed by atoms with Crippen molar-refractivity contribution in [1.29, 1.82) is 0 Å². The Balaban J connectivity index is 1.16. The van der Waals surface area contributed by atoms with Gasteiger partial charge in [-0.1, -0.05) is 97.1 Å². The molecule has 0 aliphatic heterocycles. The molecule has 0 saturated heterocycles. The van der Waals surface area contributed by atoms with Crippen LogP contribution in [-0.4, -0.2) is 6.04 Å². The Bertz CT molecular complexity index is 2690. The zero-order valence-electron chi connectivity index (χ0n) is 24.8. The highest BCUT2D eigenvalue weighted by molar-refractivity contribution is 7.26. The summed E-state index contributed by atoms with van der Waals surface area (Å²) >= 11 is 3.75. The molecule has 0 saturated carbocycles. The van der Waals surface area contributed by atoms with Crippen LogP contribution < -0.4 is 4.90 Å². The summed E-state index contributed by atoms with van der Waals surface area (Å²) in [4.78, 5) is 2.47. The summed E-state index contributed by atoms with van der Waals surface area (Å²) in [5.74, 6) is 0. The Hall–Kier alpha value is -5.16. The molecule has 0 spiro atoms. The van der Waals surface area contributed by atoms with Crippen LogP contribution in [0.2, 0.25) is 0 Å². The maximum absolute atomic E-state index is 6.54. The van der Waals surface area contributed by atoms with E-state index in [2.05, 4.69) is 151 Å². The highest BCUT2D eigenvalue weighted by Crippen LogP contribution is 2.48. The number of thiophene rings is 2. The first-order valence-electron chi connectivity index (χ1n) is 15.7. The zero-order valence-corrected chi connectivity index (χ0v) is 26.4. The van der Waals surface area contributed by atoms with Crippen LogP contribution in [0.3, 0.4) is 0 Å². The normalized spacial score (nSPS) is 14.9. The largest absolute Gasteiger partial charge is 0.455 e. The van der Waals surface area contributed by atoms with Gasteiger partial charge in [0, 0.05) is 68.1 Å². The smallest absolute Gasteiger partial charge is 0.144 e. The molecule has 2 nitrogen and oxygen atoms in total. The minimum absolute atomic E-state index is 0.281. The molecule has 6 aromatic carbocycles. The summed E-state index contributed by atoms with van der Waals surface area (Å²) in [7, 11) is 0. The highest BCUT2D eigenvalue weighted by atomic mass is 32.1. The van der Waals surface area contributed by atoms with Crippen LogP contribution in [0, 0.1) is 0 Å². The maximum Gasteiger partial charge on any atom is 0.144 e. The molecule has 1 atom stereocenters. The summed E-state index contributed by atoms with van der Waals surface area (Å²) in [5, 5.41) is 7.44. The van der Waals surface area contributed by atoms with E-state index >= 15 is 0 Å². The second kappa shape index (κ2) is 10.2. The summed E-state index contributed by atoms with van der Waals surface area (Å²) < 4.78 is 11.7. The molecule has 1 aliphatic carbocycles. The van der Waals surface area contributed by atoms with Crippen molar-refractivity contribution in [2.45, 2.75) is 12.5 Å². The van der Waals surface area contributed by atoms with E-state index in [0.29, 0.717) is 0 Å². The number of benzene rings is 6. The lowest BCUT2D eigenvalue weighted by Gasteiger charge is -2.32. The van der Waals surface area contributed by atoms with Crippen molar-refractivity contribution in [2.24, 2.45) is 0 Å². The van der Waals surface area contributed by atoms with Crippen molar-refractivity contribution in [1.82, 2.24) is 0 Å². The first kappa shape index (κ1) is 26.1. The van der Waals surface area contributed by atoms with Gasteiger partial charge in [-0.15, -0.1) is 22.7 Å². The molecule has 46 heavy (non-hydrogen) atoms. The van der Waals surface area contributed by atoms with Crippen LogP contribution in [0.5, 0.6) is 0 Å². The molecule has 4 heteroatoms. The van der Waals surface area contributed by atoms with E-state index in [1.807, 2.05) is 22.7 Å². The number of allylic oxidation sites excluding steroid dienone is 2. The summed E-state index contributed by atoms with van der Waals surface area (Å²) in [6.45, 7) is 0. The molecule has 0 fully saturated rings. The van der Waals surface area contributed by atoms with Crippen molar-refractivity contribution < 1.29 is 4.42 Å². The van der Waals surface area contributed by atoms with Gasteiger partial charge in [-0.2, -0.15) is 0 Å². The van der Waals surface area contributed by atoms with Gasteiger partial charge in [-0.05, 0) is 60.5 Å². The Morgan fingerprint density at radius 3 is 2.24 bits per heavy atom. The fourth-order valence-corrected chi connectivity index (χ4v) is 9.66. The van der Waals surface area contributed by atoms with Crippen molar-refractivity contribution in [3.05, 3.63) is 146 Å². The van der Waals surface area contributed by atoms with Crippen LogP contribution in [0.1, 0.15) is 6.42 Å². The molecule has 218 valence electrons. The first-order valence-corrected chi connectivity index (χ1v) is 17.3. The molecule has 0 amide bonds. The molecule has 9 aromatic rings. The molecule has 0 N–H and O–H groups in total. The Labute approximate surface area is 273 Å². The summed E-state index contributed by atoms with van der Waals surface area (Å²) in [6.07, 6.45) is 9.87. The number of para-hydroxylation sites is 2. The molecular formula is C42H27NOS2. The van der Waals surface area contributed by atoms with E-state index in [0.717, 1.165) is 23.0 Å². The number of furan rings is 1. The monoisotopic (exact) mass is 625 g/mol. The minimum atomic E-state index is 0.281.